The quantitative estimate of drug-likeness (QED) is 0.653. The Balaban J connectivity index is 2.02. The van der Waals surface area contributed by atoms with Gasteiger partial charge >= 0.3 is 0 Å². The lowest BCUT2D eigenvalue weighted by molar-refractivity contribution is -0.161. The number of benzene rings is 1. The summed E-state index contributed by atoms with van der Waals surface area (Å²) >= 11 is 0. The van der Waals surface area contributed by atoms with E-state index in [1.165, 1.54) is 0 Å². The van der Waals surface area contributed by atoms with Crippen molar-refractivity contribution in [2.24, 2.45) is 0 Å². The minimum absolute atomic E-state index is 0.108. The molecular formula is C20H34O4Si. The van der Waals surface area contributed by atoms with Crippen LogP contribution in [0.5, 0.6) is 0 Å². The summed E-state index contributed by atoms with van der Waals surface area (Å²) in [6, 6.07) is 10.2. The molecule has 0 spiro atoms. The van der Waals surface area contributed by atoms with Gasteiger partial charge in [-0.3, -0.25) is 0 Å². The van der Waals surface area contributed by atoms with E-state index in [4.69, 9.17) is 18.6 Å². The van der Waals surface area contributed by atoms with Gasteiger partial charge in [-0.1, -0.05) is 51.1 Å². The molecule has 0 aromatic heterocycles. The summed E-state index contributed by atoms with van der Waals surface area (Å²) in [7, 11) is -1.84. The van der Waals surface area contributed by atoms with Crippen molar-refractivity contribution in [1.82, 2.24) is 0 Å². The molecule has 2 atom stereocenters. The Morgan fingerprint density at radius 2 is 1.84 bits per heavy atom. The minimum atomic E-state index is -1.84. The number of rotatable bonds is 7. The molecule has 0 saturated carbocycles. The van der Waals surface area contributed by atoms with Crippen molar-refractivity contribution in [1.29, 1.82) is 0 Å². The van der Waals surface area contributed by atoms with Crippen molar-refractivity contribution >= 4 is 8.32 Å². The summed E-state index contributed by atoms with van der Waals surface area (Å²) < 4.78 is 24.4. The van der Waals surface area contributed by atoms with Crippen LogP contribution in [0.4, 0.5) is 0 Å². The third-order valence-electron chi connectivity index (χ3n) is 5.17. The molecule has 1 saturated heterocycles. The summed E-state index contributed by atoms with van der Waals surface area (Å²) in [6.07, 6.45) is -0.250. The van der Waals surface area contributed by atoms with Crippen LogP contribution in [0, 0.1) is 0 Å². The number of hydrogen-bond donors (Lipinski definition) is 0. The smallest absolute Gasteiger partial charge is 0.192 e. The molecule has 0 aliphatic carbocycles. The molecule has 1 fully saturated rings. The molecule has 142 valence electrons. The molecule has 1 aliphatic heterocycles. The van der Waals surface area contributed by atoms with Crippen molar-refractivity contribution in [3.05, 3.63) is 35.9 Å². The van der Waals surface area contributed by atoms with Crippen LogP contribution in [-0.2, 0) is 25.2 Å². The van der Waals surface area contributed by atoms with Gasteiger partial charge in [0.25, 0.3) is 0 Å². The van der Waals surface area contributed by atoms with Gasteiger partial charge in [0, 0.05) is 0 Å². The molecule has 0 radical (unpaired) electrons. The third-order valence-corrected chi connectivity index (χ3v) is 9.67. The molecule has 0 unspecified atom stereocenters. The molecule has 1 heterocycles. The second kappa shape index (κ2) is 7.88. The number of ether oxygens (including phenoxy) is 3. The standard InChI is InChI=1S/C20H34O4Si/c1-19(2,3)25(6,7)23-15-17(18-14-22-20(4,5)24-18)21-13-16-11-9-8-10-12-16/h8-12,17-18H,13-15H2,1-7H3/t17-,18-/m0/s1. The van der Waals surface area contributed by atoms with E-state index in [0.717, 1.165) is 5.56 Å². The van der Waals surface area contributed by atoms with Crippen molar-refractivity contribution in [3.8, 4) is 0 Å². The molecule has 5 heteroatoms. The zero-order chi connectivity index (χ0) is 18.7. The maximum atomic E-state index is 6.40. The van der Waals surface area contributed by atoms with Crippen LogP contribution in [-0.4, -0.2) is 39.5 Å². The second-order valence-electron chi connectivity index (χ2n) is 8.77. The van der Waals surface area contributed by atoms with Gasteiger partial charge in [-0.2, -0.15) is 0 Å². The summed E-state index contributed by atoms with van der Waals surface area (Å²) in [4.78, 5) is 0. The maximum Gasteiger partial charge on any atom is 0.192 e. The van der Waals surface area contributed by atoms with E-state index in [1.807, 2.05) is 32.0 Å². The maximum absolute atomic E-state index is 6.40. The van der Waals surface area contributed by atoms with Crippen LogP contribution >= 0.6 is 0 Å². The van der Waals surface area contributed by atoms with Gasteiger partial charge in [0.05, 0.1) is 19.8 Å². The molecule has 1 aromatic carbocycles. The first-order chi connectivity index (χ1) is 11.5. The lowest BCUT2D eigenvalue weighted by Crippen LogP contribution is -2.45. The predicted octanol–water partition coefficient (Wildman–Crippen LogP) is 4.75. The third kappa shape index (κ3) is 5.90. The van der Waals surface area contributed by atoms with Gasteiger partial charge in [0.1, 0.15) is 12.2 Å². The monoisotopic (exact) mass is 366 g/mol. The second-order valence-corrected chi connectivity index (χ2v) is 13.6. The van der Waals surface area contributed by atoms with E-state index >= 15 is 0 Å². The van der Waals surface area contributed by atoms with Gasteiger partial charge in [-0.25, -0.2) is 0 Å². The Kier molecular flexibility index (Phi) is 6.49. The van der Waals surface area contributed by atoms with Crippen LogP contribution in [0.3, 0.4) is 0 Å². The lowest BCUT2D eigenvalue weighted by Gasteiger charge is -2.37. The largest absolute Gasteiger partial charge is 0.414 e. The lowest BCUT2D eigenvalue weighted by atomic mass is 10.2. The first kappa shape index (κ1) is 20.6. The van der Waals surface area contributed by atoms with Gasteiger partial charge < -0.3 is 18.6 Å². The van der Waals surface area contributed by atoms with Crippen LogP contribution < -0.4 is 0 Å². The fraction of sp³-hybridized carbons (Fsp3) is 0.700. The Hall–Kier alpha value is -0.723. The molecule has 0 N–H and O–H groups in total. The predicted molar refractivity (Wildman–Crippen MR) is 103 cm³/mol. The van der Waals surface area contributed by atoms with E-state index in [9.17, 15) is 0 Å². The van der Waals surface area contributed by atoms with Gasteiger partial charge in [0.15, 0.2) is 14.1 Å². The normalized spacial score (nSPS) is 22.1. The Morgan fingerprint density at radius 1 is 1.20 bits per heavy atom. The van der Waals surface area contributed by atoms with E-state index in [2.05, 4.69) is 46.0 Å². The average molecular weight is 367 g/mol. The summed E-state index contributed by atoms with van der Waals surface area (Å²) in [6.45, 7) is 16.8. The summed E-state index contributed by atoms with van der Waals surface area (Å²) in [5.41, 5.74) is 1.15. The highest BCUT2D eigenvalue weighted by atomic mass is 28.4. The van der Waals surface area contributed by atoms with Crippen molar-refractivity contribution in [2.45, 2.75) is 77.4 Å². The van der Waals surface area contributed by atoms with E-state index in [1.54, 1.807) is 0 Å². The van der Waals surface area contributed by atoms with Crippen molar-refractivity contribution in [3.63, 3.8) is 0 Å². The van der Waals surface area contributed by atoms with Gasteiger partial charge in [0.2, 0.25) is 0 Å². The van der Waals surface area contributed by atoms with Crippen LogP contribution in [0.15, 0.2) is 30.3 Å². The highest BCUT2D eigenvalue weighted by molar-refractivity contribution is 6.74. The first-order valence-corrected chi connectivity index (χ1v) is 12.0. The Labute approximate surface area is 153 Å². The first-order valence-electron chi connectivity index (χ1n) is 9.11. The zero-order valence-electron chi connectivity index (χ0n) is 16.8. The molecule has 1 aromatic rings. The topological polar surface area (TPSA) is 36.9 Å². The highest BCUT2D eigenvalue weighted by Crippen LogP contribution is 2.37. The SMILES string of the molecule is CC1(C)OC[C@@H]([C@H](CO[Si](C)(C)C(C)(C)C)OCc2ccccc2)O1. The van der Waals surface area contributed by atoms with Crippen molar-refractivity contribution < 1.29 is 18.6 Å². The summed E-state index contributed by atoms with van der Waals surface area (Å²) in [5.74, 6) is -0.560. The van der Waals surface area contributed by atoms with Crippen LogP contribution in [0.2, 0.25) is 18.1 Å². The van der Waals surface area contributed by atoms with E-state index in [0.29, 0.717) is 19.8 Å². The Morgan fingerprint density at radius 3 is 2.36 bits per heavy atom. The number of hydrogen-bond acceptors (Lipinski definition) is 4. The van der Waals surface area contributed by atoms with Crippen LogP contribution in [0.25, 0.3) is 0 Å². The highest BCUT2D eigenvalue weighted by Gasteiger charge is 2.41. The molecule has 25 heavy (non-hydrogen) atoms. The average Bonchev–Trinajstić information content (AvgIpc) is 2.87. The molecular weight excluding hydrogens is 332 g/mol. The van der Waals surface area contributed by atoms with Crippen LogP contribution in [0.1, 0.15) is 40.2 Å². The van der Waals surface area contributed by atoms with Gasteiger partial charge in [-0.15, -0.1) is 0 Å². The van der Waals surface area contributed by atoms with E-state index < -0.39 is 14.1 Å². The molecule has 2 rings (SSSR count). The van der Waals surface area contributed by atoms with Crippen molar-refractivity contribution in [2.75, 3.05) is 13.2 Å². The molecule has 1 aliphatic rings. The van der Waals surface area contributed by atoms with E-state index in [-0.39, 0.29) is 17.2 Å². The molecule has 4 nitrogen and oxygen atoms in total. The fourth-order valence-electron chi connectivity index (χ4n) is 2.45. The molecule has 0 amide bonds. The fourth-order valence-corrected chi connectivity index (χ4v) is 3.46. The molecule has 0 bridgehead atoms. The zero-order valence-corrected chi connectivity index (χ0v) is 17.8. The summed E-state index contributed by atoms with van der Waals surface area (Å²) in [5, 5.41) is 0.170. The van der Waals surface area contributed by atoms with Gasteiger partial charge in [-0.05, 0) is 37.5 Å². The Bertz CT molecular complexity index is 536. The minimum Gasteiger partial charge on any atom is -0.414 e.